The van der Waals surface area contributed by atoms with Gasteiger partial charge in [0.1, 0.15) is 10.9 Å². The number of nitrogens with one attached hydrogen (secondary N) is 4. The quantitative estimate of drug-likeness (QED) is 0.0329. The monoisotopic (exact) mass is 1210 g/mol. The molecule has 0 spiro atoms. The smallest absolute Gasteiger partial charge is 0.380 e. The molecule has 2 atom stereocenters. The number of hydrogen-bond donors (Lipinski definition) is 4. The van der Waals surface area contributed by atoms with Gasteiger partial charge in [0, 0.05) is 117 Å². The van der Waals surface area contributed by atoms with Gasteiger partial charge in [0.2, 0.25) is 11.8 Å². The zero-order valence-corrected chi connectivity index (χ0v) is 48.8. The molecule has 0 bridgehead atoms. The van der Waals surface area contributed by atoms with E-state index in [4.69, 9.17) is 11.6 Å². The summed E-state index contributed by atoms with van der Waals surface area (Å²) >= 11 is 7.61. The van der Waals surface area contributed by atoms with Crippen LogP contribution in [0.3, 0.4) is 0 Å². The number of allylic oxidation sites excluding steroid dienone is 1. The Labute approximate surface area is 486 Å². The van der Waals surface area contributed by atoms with Gasteiger partial charge in [0.05, 0.1) is 16.3 Å². The van der Waals surface area contributed by atoms with E-state index in [9.17, 15) is 44.4 Å². The molecule has 3 saturated heterocycles. The van der Waals surface area contributed by atoms with E-state index < -0.39 is 70.6 Å². The van der Waals surface area contributed by atoms with Crippen LogP contribution in [-0.4, -0.2) is 138 Å². The lowest BCUT2D eigenvalue weighted by Gasteiger charge is -2.39. The summed E-state index contributed by atoms with van der Waals surface area (Å²) in [6.45, 7) is 11.4. The molecule has 82 heavy (non-hydrogen) atoms. The first-order chi connectivity index (χ1) is 39.0. The number of benzene rings is 5. The highest BCUT2D eigenvalue weighted by Gasteiger charge is 2.48. The zero-order chi connectivity index (χ0) is 58.4. The second kappa shape index (κ2) is 25.9. The summed E-state index contributed by atoms with van der Waals surface area (Å²) < 4.78 is 115. The van der Waals surface area contributed by atoms with Crippen LogP contribution in [0.4, 0.5) is 34.6 Å². The Hall–Kier alpha value is -6.01. The molecular formula is C59H67ClF4N8O7S3. The average molecular weight is 1210 g/mol. The highest BCUT2D eigenvalue weighted by molar-refractivity contribution is 7.99. The highest BCUT2D eigenvalue weighted by atomic mass is 35.5. The fourth-order valence-corrected chi connectivity index (χ4v) is 14.1. The van der Waals surface area contributed by atoms with Crippen LogP contribution in [0.25, 0.3) is 5.57 Å². The number of sulfone groups is 1. The van der Waals surface area contributed by atoms with E-state index in [0.29, 0.717) is 68.9 Å². The van der Waals surface area contributed by atoms with Gasteiger partial charge in [-0.2, -0.15) is 13.2 Å². The summed E-state index contributed by atoms with van der Waals surface area (Å²) in [5.74, 6) is -2.16. The number of anilines is 3. The number of rotatable bonds is 20. The maximum atomic E-state index is 15.7. The molecule has 3 amide bonds. The SMILES string of the molecule is CC1(C)CCC(c2ccc(Cl)cc2)=C(CN2CCN(c3ccc(C(=O)NS(=O)(=O)c4ccc(N[C@H](CCN5CCN(Cc6cccc(NC7CCC(=O)NC7=O)c6F)CC5)CSc5ccccc5)c(S(=O)(=O)C(F)(F)F)c4)cc3)CC2)C1. The molecule has 0 aromatic heterocycles. The largest absolute Gasteiger partial charge is 0.501 e. The standard InChI is InChI=1S/C59H67ClF4N8O7S3/c1-58(2)25-23-49(40-11-15-44(60)16-12-40)43(36-58)38-71-31-33-72(34-32-71)46-17-13-41(14-18-46)56(74)68-82(78,79)48-19-20-50(53(35-48)81(76,77)59(62,63)64)65-45(39-80-47-8-4-3-5-9-47)24-26-69-27-29-70(30-28-69)37-42-7-6-10-51(55(42)61)66-52-21-22-54(73)67-57(52)75/h3-20,35,45,52,65-66H,21-34,36-39H2,1-2H3,(H,68,74)(H,67,73,75)/t45-,52?/m1/s1. The second-order valence-electron chi connectivity index (χ2n) is 22.1. The summed E-state index contributed by atoms with van der Waals surface area (Å²) in [6, 6.07) is 29.5. The third-order valence-electron chi connectivity index (χ3n) is 15.6. The molecule has 438 valence electrons. The van der Waals surface area contributed by atoms with Crippen LogP contribution >= 0.6 is 23.4 Å². The maximum absolute atomic E-state index is 15.7. The predicted octanol–water partition coefficient (Wildman–Crippen LogP) is 9.68. The van der Waals surface area contributed by atoms with Gasteiger partial charge in [0.25, 0.3) is 25.8 Å². The van der Waals surface area contributed by atoms with Gasteiger partial charge < -0.3 is 20.4 Å². The Morgan fingerprint density at radius 2 is 1.46 bits per heavy atom. The van der Waals surface area contributed by atoms with Crippen molar-refractivity contribution < 1.29 is 48.8 Å². The van der Waals surface area contributed by atoms with E-state index >= 15 is 4.39 Å². The van der Waals surface area contributed by atoms with Crippen molar-refractivity contribution in [1.29, 1.82) is 0 Å². The number of thioether (sulfide) groups is 1. The number of hydrogen-bond acceptors (Lipinski definition) is 14. The first kappa shape index (κ1) is 60.6. The van der Waals surface area contributed by atoms with E-state index in [2.05, 4.69) is 61.5 Å². The first-order valence-corrected chi connectivity index (χ1v) is 31.7. The Bertz CT molecular complexity index is 3380. The summed E-state index contributed by atoms with van der Waals surface area (Å²) in [5, 5.41) is 8.90. The van der Waals surface area contributed by atoms with Crippen molar-refractivity contribution in [3.05, 3.63) is 148 Å². The minimum absolute atomic E-state index is 0.0330. The van der Waals surface area contributed by atoms with E-state index in [1.165, 1.54) is 46.7 Å². The van der Waals surface area contributed by atoms with Crippen molar-refractivity contribution in [3.8, 4) is 0 Å². The number of alkyl halides is 3. The van der Waals surface area contributed by atoms with Crippen LogP contribution in [0.1, 0.15) is 73.9 Å². The molecule has 3 fully saturated rings. The third-order valence-corrected chi connectivity index (χ3v) is 19.9. The van der Waals surface area contributed by atoms with Gasteiger partial charge in [-0.25, -0.2) is 25.9 Å². The van der Waals surface area contributed by atoms with Gasteiger partial charge in [-0.05, 0) is 121 Å². The fraction of sp³-hybridized carbons (Fsp3) is 0.407. The fourth-order valence-electron chi connectivity index (χ4n) is 10.9. The van der Waals surface area contributed by atoms with E-state index in [1.54, 1.807) is 24.3 Å². The van der Waals surface area contributed by atoms with Crippen LogP contribution in [0, 0.1) is 11.2 Å². The number of carbonyl (C=O) groups excluding carboxylic acids is 3. The lowest BCUT2D eigenvalue weighted by atomic mass is 9.73. The van der Waals surface area contributed by atoms with Crippen LogP contribution in [-0.2, 0) is 36.0 Å². The zero-order valence-electron chi connectivity index (χ0n) is 45.6. The Morgan fingerprint density at radius 1 is 0.793 bits per heavy atom. The molecule has 3 aliphatic heterocycles. The predicted molar refractivity (Wildman–Crippen MR) is 313 cm³/mol. The second-order valence-corrected chi connectivity index (χ2v) is 27.2. The molecule has 1 unspecified atom stereocenters. The molecular weight excluding hydrogens is 1140 g/mol. The number of nitrogens with zero attached hydrogens (tertiary/aromatic N) is 4. The van der Waals surface area contributed by atoms with Crippen molar-refractivity contribution in [2.24, 2.45) is 5.41 Å². The number of sulfonamides is 1. The van der Waals surface area contributed by atoms with Crippen molar-refractivity contribution in [3.63, 3.8) is 0 Å². The molecule has 3 heterocycles. The number of halogens is 5. The molecule has 4 aliphatic rings. The average Bonchev–Trinajstić information content (AvgIpc) is 3.19. The molecule has 0 radical (unpaired) electrons. The molecule has 23 heteroatoms. The van der Waals surface area contributed by atoms with Crippen molar-refractivity contribution in [2.75, 3.05) is 86.7 Å². The third kappa shape index (κ3) is 15.2. The molecule has 4 N–H and O–H groups in total. The van der Waals surface area contributed by atoms with E-state index in [1.807, 2.05) is 47.2 Å². The van der Waals surface area contributed by atoms with Crippen LogP contribution in [0.2, 0.25) is 5.02 Å². The molecule has 1 aliphatic carbocycles. The van der Waals surface area contributed by atoms with Crippen LogP contribution in [0.15, 0.2) is 136 Å². The number of carbonyl (C=O) groups is 3. The van der Waals surface area contributed by atoms with Gasteiger partial charge in [-0.15, -0.1) is 11.8 Å². The number of piperazine rings is 2. The summed E-state index contributed by atoms with van der Waals surface area (Å²) in [7, 11) is -11.1. The minimum atomic E-state index is -6.15. The van der Waals surface area contributed by atoms with E-state index in [0.717, 1.165) is 61.6 Å². The molecule has 5 aromatic carbocycles. The van der Waals surface area contributed by atoms with Crippen molar-refractivity contribution in [2.45, 2.75) is 91.2 Å². The molecule has 9 rings (SSSR count). The van der Waals surface area contributed by atoms with Gasteiger partial charge in [-0.3, -0.25) is 29.5 Å². The van der Waals surface area contributed by atoms with Gasteiger partial charge in [-0.1, -0.05) is 73.5 Å². The molecule has 0 saturated carbocycles. The summed E-state index contributed by atoms with van der Waals surface area (Å²) in [6.07, 6.45) is 3.82. The van der Waals surface area contributed by atoms with Gasteiger partial charge >= 0.3 is 5.51 Å². The molecule has 5 aromatic rings. The highest BCUT2D eigenvalue weighted by Crippen LogP contribution is 2.43. The maximum Gasteiger partial charge on any atom is 0.501 e. The topological polar surface area (TPSA) is 181 Å². The lowest BCUT2D eigenvalue weighted by Crippen LogP contribution is -2.47. The number of piperidine rings is 1. The van der Waals surface area contributed by atoms with Crippen LogP contribution in [0.5, 0.6) is 0 Å². The first-order valence-electron chi connectivity index (χ1n) is 27.3. The summed E-state index contributed by atoms with van der Waals surface area (Å²) in [4.78, 5) is 45.0. The number of amides is 3. The lowest BCUT2D eigenvalue weighted by molar-refractivity contribution is -0.133. The number of imide groups is 1. The van der Waals surface area contributed by atoms with E-state index in [-0.39, 0.29) is 47.7 Å². The Kier molecular flexibility index (Phi) is 19.1. The van der Waals surface area contributed by atoms with Crippen molar-refractivity contribution >= 4 is 83.6 Å². The normalized spacial score (nSPS) is 19.2. The molecule has 15 nitrogen and oxygen atoms in total. The van der Waals surface area contributed by atoms with Crippen LogP contribution < -0.4 is 25.6 Å². The van der Waals surface area contributed by atoms with Crippen molar-refractivity contribution in [1.82, 2.24) is 24.7 Å². The minimum Gasteiger partial charge on any atom is -0.380 e. The van der Waals surface area contributed by atoms with Gasteiger partial charge in [0.15, 0.2) is 5.82 Å². The summed E-state index contributed by atoms with van der Waals surface area (Å²) in [5.41, 5.74) is -0.694. The Morgan fingerprint density at radius 3 is 2.15 bits per heavy atom. The Balaban J connectivity index is 0.830.